The maximum Gasteiger partial charge on any atom is 0.321 e. The van der Waals surface area contributed by atoms with Gasteiger partial charge in [0.05, 0.1) is 12.5 Å². The number of carbonyl (C=O) groups excluding carboxylic acids is 1. The third kappa shape index (κ3) is 3.65. The molecule has 2 N–H and O–H groups in total. The summed E-state index contributed by atoms with van der Waals surface area (Å²) >= 11 is 0. The number of aliphatic carboxylic acids is 1. The number of nitrogens with zero attached hydrogens (tertiary/aromatic N) is 1. The molecular formula is C15H20N2O4. The molecule has 1 atom stereocenters. The van der Waals surface area contributed by atoms with Gasteiger partial charge in [0.15, 0.2) is 0 Å². The number of urea groups is 1. The van der Waals surface area contributed by atoms with E-state index < -0.39 is 11.9 Å². The number of ether oxygens (including phenoxy) is 1. The molecule has 0 aromatic heterocycles. The second-order valence-corrected chi connectivity index (χ2v) is 5.11. The Labute approximate surface area is 123 Å². The Balaban J connectivity index is 2.00. The van der Waals surface area contributed by atoms with Gasteiger partial charge in [0, 0.05) is 24.8 Å². The molecule has 6 nitrogen and oxygen atoms in total. The van der Waals surface area contributed by atoms with Gasteiger partial charge in [-0.25, -0.2) is 4.79 Å². The summed E-state index contributed by atoms with van der Waals surface area (Å²) in [4.78, 5) is 24.6. The van der Waals surface area contributed by atoms with Crippen LogP contribution in [0.2, 0.25) is 0 Å². The summed E-state index contributed by atoms with van der Waals surface area (Å²) in [6, 6.07) is 5.19. The predicted octanol–water partition coefficient (Wildman–Crippen LogP) is 2.33. The molecule has 0 aliphatic carbocycles. The highest BCUT2D eigenvalue weighted by atomic mass is 16.5. The fourth-order valence-electron chi connectivity index (χ4n) is 2.34. The van der Waals surface area contributed by atoms with E-state index in [9.17, 15) is 9.59 Å². The van der Waals surface area contributed by atoms with Crippen molar-refractivity contribution in [2.45, 2.75) is 20.3 Å². The maximum atomic E-state index is 12.1. The number of carbonyl (C=O) groups is 2. The zero-order valence-electron chi connectivity index (χ0n) is 12.3. The second kappa shape index (κ2) is 6.47. The van der Waals surface area contributed by atoms with E-state index in [0.29, 0.717) is 25.3 Å². The molecule has 21 heavy (non-hydrogen) atoms. The largest absolute Gasteiger partial charge is 0.494 e. The first-order valence-corrected chi connectivity index (χ1v) is 7.03. The molecule has 1 aliphatic heterocycles. The van der Waals surface area contributed by atoms with Crippen LogP contribution in [0.3, 0.4) is 0 Å². The Morgan fingerprint density at radius 2 is 2.24 bits per heavy atom. The Bertz CT molecular complexity index is 544. The van der Waals surface area contributed by atoms with Gasteiger partial charge in [-0.1, -0.05) is 6.07 Å². The second-order valence-electron chi connectivity index (χ2n) is 5.11. The number of amides is 2. The zero-order valence-corrected chi connectivity index (χ0v) is 12.3. The SMILES string of the molecule is CCOc1cc(NC(=O)N2CCC(C(=O)O)C2)ccc1C. The lowest BCUT2D eigenvalue weighted by atomic mass is 10.1. The van der Waals surface area contributed by atoms with Crippen LogP contribution < -0.4 is 10.1 Å². The molecule has 1 saturated heterocycles. The number of hydrogen-bond donors (Lipinski definition) is 2. The highest BCUT2D eigenvalue weighted by Gasteiger charge is 2.30. The lowest BCUT2D eigenvalue weighted by Crippen LogP contribution is -2.33. The van der Waals surface area contributed by atoms with E-state index in [1.165, 1.54) is 4.90 Å². The van der Waals surface area contributed by atoms with Gasteiger partial charge in [0.1, 0.15) is 5.75 Å². The van der Waals surface area contributed by atoms with Gasteiger partial charge >= 0.3 is 12.0 Å². The van der Waals surface area contributed by atoms with Gasteiger partial charge in [0.25, 0.3) is 0 Å². The number of aryl methyl sites for hydroxylation is 1. The molecule has 0 spiro atoms. The molecule has 0 bridgehead atoms. The van der Waals surface area contributed by atoms with Crippen molar-refractivity contribution < 1.29 is 19.4 Å². The molecule has 2 rings (SSSR count). The smallest absolute Gasteiger partial charge is 0.321 e. The van der Waals surface area contributed by atoms with Crippen LogP contribution in [-0.2, 0) is 4.79 Å². The van der Waals surface area contributed by atoms with Crippen molar-refractivity contribution in [1.82, 2.24) is 4.90 Å². The van der Waals surface area contributed by atoms with Gasteiger partial charge in [-0.05, 0) is 31.9 Å². The number of rotatable bonds is 4. The number of hydrogen-bond acceptors (Lipinski definition) is 3. The van der Waals surface area contributed by atoms with Crippen LogP contribution in [0.25, 0.3) is 0 Å². The lowest BCUT2D eigenvalue weighted by Gasteiger charge is -2.17. The third-order valence-corrected chi connectivity index (χ3v) is 3.56. The summed E-state index contributed by atoms with van der Waals surface area (Å²) in [7, 11) is 0. The van der Waals surface area contributed by atoms with E-state index in [1.54, 1.807) is 12.1 Å². The zero-order chi connectivity index (χ0) is 15.4. The standard InChI is InChI=1S/C15H20N2O4/c1-3-21-13-8-12(5-4-10(13)2)16-15(20)17-7-6-11(9-17)14(18)19/h4-5,8,11H,3,6-7,9H2,1-2H3,(H,16,20)(H,18,19). The van der Waals surface area contributed by atoms with Crippen LogP contribution in [-0.4, -0.2) is 41.7 Å². The number of carboxylic acid groups (broad SMARTS) is 1. The fourth-order valence-corrected chi connectivity index (χ4v) is 2.34. The monoisotopic (exact) mass is 292 g/mol. The Hall–Kier alpha value is -2.24. The Morgan fingerprint density at radius 3 is 2.86 bits per heavy atom. The summed E-state index contributed by atoms with van der Waals surface area (Å²) in [6.45, 7) is 5.12. The number of nitrogens with one attached hydrogen (secondary N) is 1. The fraction of sp³-hybridized carbons (Fsp3) is 0.467. The number of likely N-dealkylation sites (tertiary alicyclic amines) is 1. The minimum absolute atomic E-state index is 0.255. The van der Waals surface area contributed by atoms with Crippen LogP contribution in [0.5, 0.6) is 5.75 Å². The van der Waals surface area contributed by atoms with Gasteiger partial charge in [-0.2, -0.15) is 0 Å². The third-order valence-electron chi connectivity index (χ3n) is 3.56. The molecule has 1 aliphatic rings. The molecule has 114 valence electrons. The summed E-state index contributed by atoms with van der Waals surface area (Å²) in [5.74, 6) is -0.577. The van der Waals surface area contributed by atoms with E-state index in [0.717, 1.165) is 11.3 Å². The lowest BCUT2D eigenvalue weighted by molar-refractivity contribution is -0.141. The average Bonchev–Trinajstić information content (AvgIpc) is 2.93. The molecule has 0 radical (unpaired) electrons. The average molecular weight is 292 g/mol. The predicted molar refractivity (Wildman–Crippen MR) is 78.7 cm³/mol. The topological polar surface area (TPSA) is 78.9 Å². The summed E-state index contributed by atoms with van der Waals surface area (Å²) in [6.07, 6.45) is 0.501. The van der Waals surface area contributed by atoms with Crippen LogP contribution in [0.4, 0.5) is 10.5 Å². The first kappa shape index (κ1) is 15.2. The summed E-state index contributed by atoms with van der Waals surface area (Å²) in [5.41, 5.74) is 1.65. The first-order chi connectivity index (χ1) is 10.0. The van der Waals surface area contributed by atoms with Crippen LogP contribution in [0, 0.1) is 12.8 Å². The molecule has 1 unspecified atom stereocenters. The normalized spacial score (nSPS) is 17.6. The molecule has 0 saturated carbocycles. The number of carboxylic acids is 1. The van der Waals surface area contributed by atoms with E-state index in [-0.39, 0.29) is 12.6 Å². The summed E-state index contributed by atoms with van der Waals surface area (Å²) in [5, 5.41) is 11.7. The molecule has 2 amide bonds. The Morgan fingerprint density at radius 1 is 1.48 bits per heavy atom. The van der Waals surface area contributed by atoms with Crippen molar-refractivity contribution in [1.29, 1.82) is 0 Å². The van der Waals surface area contributed by atoms with Crippen molar-refractivity contribution in [2.75, 3.05) is 25.0 Å². The van der Waals surface area contributed by atoms with E-state index in [4.69, 9.17) is 9.84 Å². The van der Waals surface area contributed by atoms with E-state index in [1.807, 2.05) is 19.9 Å². The highest BCUT2D eigenvalue weighted by Crippen LogP contribution is 2.24. The summed E-state index contributed by atoms with van der Waals surface area (Å²) < 4.78 is 5.49. The number of anilines is 1. The van der Waals surface area contributed by atoms with Crippen LogP contribution in [0.15, 0.2) is 18.2 Å². The molecule has 1 aromatic rings. The number of benzene rings is 1. The highest BCUT2D eigenvalue weighted by molar-refractivity contribution is 5.90. The van der Waals surface area contributed by atoms with Gasteiger partial charge in [-0.15, -0.1) is 0 Å². The van der Waals surface area contributed by atoms with Gasteiger partial charge in [-0.3, -0.25) is 4.79 Å². The molecule has 1 fully saturated rings. The van der Waals surface area contributed by atoms with Crippen molar-refractivity contribution in [3.05, 3.63) is 23.8 Å². The van der Waals surface area contributed by atoms with Crippen molar-refractivity contribution in [3.63, 3.8) is 0 Å². The van der Waals surface area contributed by atoms with E-state index >= 15 is 0 Å². The van der Waals surface area contributed by atoms with Crippen LogP contribution >= 0.6 is 0 Å². The van der Waals surface area contributed by atoms with E-state index in [2.05, 4.69) is 5.32 Å². The maximum absolute atomic E-state index is 12.1. The molecular weight excluding hydrogens is 272 g/mol. The van der Waals surface area contributed by atoms with Crippen molar-refractivity contribution >= 4 is 17.7 Å². The van der Waals surface area contributed by atoms with Gasteiger partial charge in [0.2, 0.25) is 0 Å². The van der Waals surface area contributed by atoms with Crippen molar-refractivity contribution in [3.8, 4) is 5.75 Å². The first-order valence-electron chi connectivity index (χ1n) is 7.03. The quantitative estimate of drug-likeness (QED) is 0.892. The molecule has 1 heterocycles. The molecule has 1 aromatic carbocycles. The van der Waals surface area contributed by atoms with Crippen molar-refractivity contribution in [2.24, 2.45) is 5.92 Å². The van der Waals surface area contributed by atoms with Crippen LogP contribution in [0.1, 0.15) is 18.9 Å². The van der Waals surface area contributed by atoms with Gasteiger partial charge < -0.3 is 20.1 Å². The minimum atomic E-state index is -0.848. The Kier molecular flexibility index (Phi) is 4.67. The minimum Gasteiger partial charge on any atom is -0.494 e. The molecule has 6 heteroatoms.